The summed E-state index contributed by atoms with van der Waals surface area (Å²) in [6, 6.07) is 39.0. The summed E-state index contributed by atoms with van der Waals surface area (Å²) in [5, 5.41) is 0. The molecule has 0 bridgehead atoms. The van der Waals surface area contributed by atoms with Crippen LogP contribution in [0.15, 0.2) is 169 Å². The first-order valence-corrected chi connectivity index (χ1v) is 13.6. The third-order valence-corrected chi connectivity index (χ3v) is 7.13. The van der Waals surface area contributed by atoms with E-state index >= 15 is 0 Å². The molecular formula is C39H34. The SMILES string of the molecule is C=C/C=C\C1=C(c2ccccc2-c2ccccc2)C/C(=C\C=C/C)CC(c2ccccc2-c2ccccc2)=C1. The lowest BCUT2D eigenvalue weighted by atomic mass is 9.88. The number of allylic oxidation sites excluding steroid dienone is 11. The van der Waals surface area contributed by atoms with E-state index in [-0.39, 0.29) is 0 Å². The summed E-state index contributed by atoms with van der Waals surface area (Å²) in [6.45, 7) is 6.05. The summed E-state index contributed by atoms with van der Waals surface area (Å²) in [5.74, 6) is 0. The Labute approximate surface area is 233 Å². The molecule has 0 heteroatoms. The van der Waals surface area contributed by atoms with Crippen molar-refractivity contribution in [2.24, 2.45) is 0 Å². The second kappa shape index (κ2) is 12.7. The van der Waals surface area contributed by atoms with Gasteiger partial charge >= 0.3 is 0 Å². The lowest BCUT2D eigenvalue weighted by Gasteiger charge is -2.16. The third-order valence-electron chi connectivity index (χ3n) is 7.13. The van der Waals surface area contributed by atoms with Crippen molar-refractivity contribution in [1.29, 1.82) is 0 Å². The molecule has 0 aliphatic heterocycles. The molecule has 0 fully saturated rings. The summed E-state index contributed by atoms with van der Waals surface area (Å²) < 4.78 is 0. The highest BCUT2D eigenvalue weighted by Gasteiger charge is 2.20. The van der Waals surface area contributed by atoms with Gasteiger partial charge < -0.3 is 0 Å². The van der Waals surface area contributed by atoms with E-state index in [9.17, 15) is 0 Å². The van der Waals surface area contributed by atoms with Crippen LogP contribution in [0.3, 0.4) is 0 Å². The average Bonchev–Trinajstić information content (AvgIpc) is 3.19. The molecule has 0 nitrogen and oxygen atoms in total. The third kappa shape index (κ3) is 6.08. The highest BCUT2D eigenvalue weighted by molar-refractivity contribution is 5.91. The Morgan fingerprint density at radius 1 is 0.590 bits per heavy atom. The van der Waals surface area contributed by atoms with E-state index in [1.165, 1.54) is 55.7 Å². The van der Waals surface area contributed by atoms with Gasteiger partial charge in [0.25, 0.3) is 0 Å². The van der Waals surface area contributed by atoms with E-state index in [0.717, 1.165) is 12.8 Å². The van der Waals surface area contributed by atoms with Crippen LogP contribution in [0.2, 0.25) is 0 Å². The smallest absolute Gasteiger partial charge is 0.00485 e. The topological polar surface area (TPSA) is 0 Å². The van der Waals surface area contributed by atoms with Crippen LogP contribution < -0.4 is 0 Å². The van der Waals surface area contributed by atoms with Crippen molar-refractivity contribution in [3.05, 3.63) is 181 Å². The molecule has 190 valence electrons. The van der Waals surface area contributed by atoms with E-state index in [1.807, 2.05) is 6.08 Å². The van der Waals surface area contributed by atoms with Gasteiger partial charge in [0, 0.05) is 0 Å². The lowest BCUT2D eigenvalue weighted by molar-refractivity contribution is 1.14. The molecule has 0 radical (unpaired) electrons. The molecule has 0 atom stereocenters. The van der Waals surface area contributed by atoms with E-state index in [2.05, 4.69) is 159 Å². The van der Waals surface area contributed by atoms with Gasteiger partial charge in [0.2, 0.25) is 0 Å². The maximum atomic E-state index is 3.97. The zero-order chi connectivity index (χ0) is 26.9. The normalized spacial score (nSPS) is 15.1. The monoisotopic (exact) mass is 502 g/mol. The van der Waals surface area contributed by atoms with Gasteiger partial charge in [-0.25, -0.2) is 0 Å². The van der Waals surface area contributed by atoms with E-state index < -0.39 is 0 Å². The van der Waals surface area contributed by atoms with Crippen molar-refractivity contribution in [2.45, 2.75) is 19.8 Å². The van der Waals surface area contributed by atoms with Crippen LogP contribution in [-0.2, 0) is 0 Å². The lowest BCUT2D eigenvalue weighted by Crippen LogP contribution is -1.94. The Bertz CT molecular complexity index is 1590. The zero-order valence-corrected chi connectivity index (χ0v) is 22.6. The Balaban J connectivity index is 1.77. The zero-order valence-electron chi connectivity index (χ0n) is 22.6. The minimum atomic E-state index is 0.874. The molecule has 0 unspecified atom stereocenters. The molecular weight excluding hydrogens is 468 g/mol. The summed E-state index contributed by atoms with van der Waals surface area (Å²) in [7, 11) is 0. The summed E-state index contributed by atoms with van der Waals surface area (Å²) in [6.07, 6.45) is 16.9. The van der Waals surface area contributed by atoms with Gasteiger partial charge in [0.15, 0.2) is 0 Å². The quantitative estimate of drug-likeness (QED) is 0.220. The van der Waals surface area contributed by atoms with Gasteiger partial charge in [-0.2, -0.15) is 0 Å². The van der Waals surface area contributed by atoms with Crippen molar-refractivity contribution in [3.8, 4) is 22.3 Å². The molecule has 39 heavy (non-hydrogen) atoms. The van der Waals surface area contributed by atoms with Crippen molar-refractivity contribution >= 4 is 11.1 Å². The minimum Gasteiger partial charge on any atom is -0.0991 e. The summed E-state index contributed by atoms with van der Waals surface area (Å²) in [5.41, 5.74) is 12.8. The molecule has 4 aromatic carbocycles. The fourth-order valence-corrected chi connectivity index (χ4v) is 5.30. The van der Waals surface area contributed by atoms with Crippen LogP contribution in [0, 0.1) is 0 Å². The van der Waals surface area contributed by atoms with Crippen LogP contribution >= 0.6 is 0 Å². The molecule has 0 heterocycles. The van der Waals surface area contributed by atoms with Crippen LogP contribution in [0.4, 0.5) is 0 Å². The van der Waals surface area contributed by atoms with Gasteiger partial charge in [0.1, 0.15) is 0 Å². The second-order valence-electron chi connectivity index (χ2n) is 9.73. The summed E-state index contributed by atoms with van der Waals surface area (Å²) >= 11 is 0. The van der Waals surface area contributed by atoms with Gasteiger partial charge in [-0.15, -0.1) is 0 Å². The van der Waals surface area contributed by atoms with Crippen molar-refractivity contribution < 1.29 is 0 Å². The summed E-state index contributed by atoms with van der Waals surface area (Å²) in [4.78, 5) is 0. The standard InChI is InChI=1S/C39H34/c1-3-5-17-30-27-34(37-25-14-13-23-35(37)31-19-9-7-10-20-31)29-33(18-6-4-2)39(28-30)38-26-16-15-24-36(38)32-21-11-8-12-22-32/h3-26,29H,2,27-28H2,1H3/b5-3-,18-6-,30-17-. The van der Waals surface area contributed by atoms with Gasteiger partial charge in [-0.1, -0.05) is 164 Å². The van der Waals surface area contributed by atoms with Crippen LogP contribution in [0.25, 0.3) is 33.4 Å². The number of rotatable bonds is 7. The number of benzene rings is 4. The first-order valence-electron chi connectivity index (χ1n) is 13.6. The average molecular weight is 503 g/mol. The molecule has 1 aliphatic rings. The van der Waals surface area contributed by atoms with Crippen molar-refractivity contribution in [2.75, 3.05) is 0 Å². The van der Waals surface area contributed by atoms with Gasteiger partial charge in [-0.3, -0.25) is 0 Å². The number of hydrogen-bond acceptors (Lipinski definition) is 0. The van der Waals surface area contributed by atoms with Crippen LogP contribution in [0.1, 0.15) is 30.9 Å². The molecule has 0 aromatic heterocycles. The largest absolute Gasteiger partial charge is 0.0991 e. The minimum absolute atomic E-state index is 0.874. The second-order valence-corrected chi connectivity index (χ2v) is 9.73. The van der Waals surface area contributed by atoms with Crippen molar-refractivity contribution in [3.63, 3.8) is 0 Å². The maximum Gasteiger partial charge on any atom is -0.00485 e. The fourth-order valence-electron chi connectivity index (χ4n) is 5.30. The van der Waals surface area contributed by atoms with Gasteiger partial charge in [-0.05, 0) is 69.9 Å². The molecule has 0 N–H and O–H groups in total. The van der Waals surface area contributed by atoms with Crippen LogP contribution in [0.5, 0.6) is 0 Å². The molecule has 0 saturated carbocycles. The molecule has 0 spiro atoms. The molecule has 0 amide bonds. The fraction of sp³-hybridized carbons (Fsp3) is 0.0769. The number of hydrogen-bond donors (Lipinski definition) is 0. The molecule has 0 saturated heterocycles. The first-order chi connectivity index (χ1) is 19.3. The Kier molecular flexibility index (Phi) is 8.46. The van der Waals surface area contributed by atoms with E-state index in [1.54, 1.807) is 0 Å². The molecule has 4 aromatic rings. The maximum absolute atomic E-state index is 3.97. The Hall–Kier alpha value is -4.68. The first kappa shape index (κ1) is 25.9. The van der Waals surface area contributed by atoms with E-state index in [0.29, 0.717) is 0 Å². The highest BCUT2D eigenvalue weighted by Crippen LogP contribution is 2.42. The molecule has 5 rings (SSSR count). The van der Waals surface area contributed by atoms with Gasteiger partial charge in [0.05, 0.1) is 0 Å². The van der Waals surface area contributed by atoms with E-state index in [4.69, 9.17) is 0 Å². The highest BCUT2D eigenvalue weighted by atomic mass is 14.2. The van der Waals surface area contributed by atoms with Crippen molar-refractivity contribution in [1.82, 2.24) is 0 Å². The predicted octanol–water partition coefficient (Wildman–Crippen LogP) is 10.9. The molecule has 1 aliphatic carbocycles. The Morgan fingerprint density at radius 2 is 1.13 bits per heavy atom. The van der Waals surface area contributed by atoms with Crippen LogP contribution in [-0.4, -0.2) is 0 Å². The predicted molar refractivity (Wildman–Crippen MR) is 170 cm³/mol. The Morgan fingerprint density at radius 3 is 1.72 bits per heavy atom.